The van der Waals surface area contributed by atoms with Gasteiger partial charge in [0.15, 0.2) is 5.75 Å². The third-order valence-corrected chi connectivity index (χ3v) is 8.71. The summed E-state index contributed by atoms with van der Waals surface area (Å²) in [6, 6.07) is 5.88. The van der Waals surface area contributed by atoms with Crippen LogP contribution in [0.25, 0.3) is 0 Å². The quantitative estimate of drug-likeness (QED) is 0.382. The molecule has 0 radical (unpaired) electrons. The van der Waals surface area contributed by atoms with Crippen LogP contribution in [0.1, 0.15) is 29.5 Å². The first-order valence-corrected chi connectivity index (χ1v) is 12.1. The number of nitrogens with one attached hydrogen (secondary N) is 1. The molecule has 1 spiro atoms. The summed E-state index contributed by atoms with van der Waals surface area (Å²) in [4.78, 5) is 56.0. The van der Waals surface area contributed by atoms with E-state index in [4.69, 9.17) is 16.3 Å². The van der Waals surface area contributed by atoms with E-state index in [1.807, 2.05) is 11.8 Å². The van der Waals surface area contributed by atoms with E-state index in [2.05, 4.69) is 5.32 Å². The van der Waals surface area contributed by atoms with Crippen LogP contribution < -0.4 is 15.0 Å². The van der Waals surface area contributed by atoms with E-state index in [1.165, 1.54) is 19.2 Å². The van der Waals surface area contributed by atoms with Gasteiger partial charge in [0.2, 0.25) is 17.7 Å². The maximum Gasteiger partial charge on any atom is 0.311 e. The normalized spacial score (nSPS) is 28.5. The largest absolute Gasteiger partial charge is 0.490 e. The number of methoxy groups -OCH3 is 1. The summed E-state index contributed by atoms with van der Waals surface area (Å²) < 4.78 is 5.20. The van der Waals surface area contributed by atoms with Crippen LogP contribution in [0.4, 0.5) is 17.1 Å². The topological polar surface area (TPSA) is 122 Å². The number of imide groups is 1. The smallest absolute Gasteiger partial charge is 0.311 e. The lowest BCUT2D eigenvalue weighted by Gasteiger charge is -2.36. The first-order valence-electron chi connectivity index (χ1n) is 11.7. The Bertz CT molecular complexity index is 1410. The molecule has 36 heavy (non-hydrogen) atoms. The molecule has 6 rings (SSSR count). The number of hydrogen-bond acceptors (Lipinski definition) is 7. The van der Waals surface area contributed by atoms with Crippen molar-refractivity contribution >= 4 is 46.4 Å². The van der Waals surface area contributed by atoms with E-state index in [0.717, 1.165) is 11.3 Å². The molecule has 4 heterocycles. The fraction of sp³-hybridized carbons (Fsp3) is 0.400. The lowest BCUT2D eigenvalue weighted by atomic mass is 9.75. The highest BCUT2D eigenvalue weighted by atomic mass is 35.5. The van der Waals surface area contributed by atoms with Crippen molar-refractivity contribution in [1.82, 2.24) is 4.90 Å². The third-order valence-electron chi connectivity index (χ3n) is 8.30. The number of amides is 3. The molecule has 10 nitrogen and oxygen atoms in total. The molecular formula is C25H23ClN4O6. The van der Waals surface area contributed by atoms with Crippen LogP contribution in [0.3, 0.4) is 0 Å². The molecule has 0 saturated carbocycles. The van der Waals surface area contributed by atoms with Crippen molar-refractivity contribution in [3.8, 4) is 5.75 Å². The molecule has 3 fully saturated rings. The number of anilines is 2. The maximum absolute atomic E-state index is 14.2. The second-order valence-electron chi connectivity index (χ2n) is 9.80. The average Bonchev–Trinajstić information content (AvgIpc) is 3.55. The number of fused-ring (bicyclic) bond motifs is 7. The number of ether oxygens (including phenoxy) is 1. The summed E-state index contributed by atoms with van der Waals surface area (Å²) >= 11 is 6.34. The number of rotatable bonds is 3. The van der Waals surface area contributed by atoms with Crippen LogP contribution in [0.2, 0.25) is 5.02 Å². The number of nitrogens with zero attached hydrogens (tertiary/aromatic N) is 3. The second kappa shape index (κ2) is 7.50. The number of aryl methyl sites for hydroxylation is 1. The van der Waals surface area contributed by atoms with E-state index >= 15 is 0 Å². The predicted octanol–water partition coefficient (Wildman–Crippen LogP) is 3.30. The van der Waals surface area contributed by atoms with Crippen molar-refractivity contribution in [3.63, 3.8) is 0 Å². The summed E-state index contributed by atoms with van der Waals surface area (Å²) in [6.07, 6.45) is 1.49. The van der Waals surface area contributed by atoms with Gasteiger partial charge in [0, 0.05) is 28.8 Å². The van der Waals surface area contributed by atoms with Crippen LogP contribution in [0.15, 0.2) is 24.3 Å². The van der Waals surface area contributed by atoms with Gasteiger partial charge in [0.1, 0.15) is 5.54 Å². The average molecular weight is 511 g/mol. The van der Waals surface area contributed by atoms with Crippen LogP contribution in [0, 0.1) is 35.8 Å². The highest BCUT2D eigenvalue weighted by molar-refractivity contribution is 6.32. The van der Waals surface area contributed by atoms with E-state index in [-0.39, 0.29) is 29.1 Å². The number of nitro benzene ring substituents is 1. The van der Waals surface area contributed by atoms with Crippen LogP contribution in [-0.4, -0.2) is 47.2 Å². The molecule has 3 saturated heterocycles. The number of carbonyl (C=O) groups excluding carboxylic acids is 3. The molecule has 0 aliphatic carbocycles. The molecular weight excluding hydrogens is 488 g/mol. The first-order chi connectivity index (χ1) is 17.1. The zero-order valence-corrected chi connectivity index (χ0v) is 20.6. The lowest BCUT2D eigenvalue weighted by Crippen LogP contribution is -2.54. The standard InChI is InChI=1S/C25H23ClN4O6/c1-11-9-17(30(34)35)18(36-3)10-16(11)29-22(31)19-15-5-4-8-28(15)25(20(19)23(29)32)13-6-7-14(26)12(2)21(13)27-24(25)33/h6-7,9-10,15,19-20H,4-5,8H2,1-3H3,(H,27,33)/t15-,19-,20-,25+/m0/s1. The van der Waals surface area contributed by atoms with Gasteiger partial charge in [-0.1, -0.05) is 17.7 Å². The van der Waals surface area contributed by atoms with Crippen molar-refractivity contribution in [2.75, 3.05) is 23.9 Å². The second-order valence-corrected chi connectivity index (χ2v) is 10.2. The summed E-state index contributed by atoms with van der Waals surface area (Å²) in [5.41, 5.74) is 1.00. The fourth-order valence-corrected chi connectivity index (χ4v) is 6.99. The molecule has 186 valence electrons. The monoisotopic (exact) mass is 510 g/mol. The Morgan fingerprint density at radius 1 is 1.19 bits per heavy atom. The van der Waals surface area contributed by atoms with Gasteiger partial charge in [0.05, 0.1) is 35.2 Å². The lowest BCUT2D eigenvalue weighted by molar-refractivity contribution is -0.385. The van der Waals surface area contributed by atoms with Gasteiger partial charge in [-0.3, -0.25) is 29.4 Å². The molecule has 4 atom stereocenters. The van der Waals surface area contributed by atoms with Gasteiger partial charge >= 0.3 is 5.69 Å². The SMILES string of the molecule is COc1cc(N2C(=O)[C@@H]3[C@@H](C2=O)[C@]2(C(=O)Nc4c2ccc(Cl)c4C)N2CCC[C@@H]32)c(C)cc1[N+](=O)[O-]. The van der Waals surface area contributed by atoms with Crippen LogP contribution >= 0.6 is 11.6 Å². The number of nitro groups is 1. The Morgan fingerprint density at radius 3 is 2.64 bits per heavy atom. The zero-order valence-electron chi connectivity index (χ0n) is 19.8. The Morgan fingerprint density at radius 2 is 1.94 bits per heavy atom. The van der Waals surface area contributed by atoms with Crippen LogP contribution in [-0.2, 0) is 19.9 Å². The zero-order chi connectivity index (χ0) is 25.7. The van der Waals surface area contributed by atoms with Gasteiger partial charge in [-0.15, -0.1) is 0 Å². The minimum atomic E-state index is -1.32. The molecule has 0 bridgehead atoms. The molecule has 4 aliphatic rings. The van der Waals surface area contributed by atoms with E-state index in [1.54, 1.807) is 19.1 Å². The highest BCUT2D eigenvalue weighted by Crippen LogP contribution is 2.61. The Labute approximate surface area is 211 Å². The van der Waals surface area contributed by atoms with Gasteiger partial charge in [-0.05, 0) is 50.4 Å². The Hall–Kier alpha value is -3.50. The molecule has 4 aliphatic heterocycles. The van der Waals surface area contributed by atoms with Crippen molar-refractivity contribution in [2.24, 2.45) is 11.8 Å². The predicted molar refractivity (Wildman–Crippen MR) is 130 cm³/mol. The Balaban J connectivity index is 1.54. The molecule has 2 aromatic rings. The number of benzene rings is 2. The molecule has 0 unspecified atom stereocenters. The first kappa shape index (κ1) is 22.9. The van der Waals surface area contributed by atoms with Crippen molar-refractivity contribution < 1.29 is 24.0 Å². The number of hydrogen-bond donors (Lipinski definition) is 1. The third kappa shape index (κ3) is 2.58. The van der Waals surface area contributed by atoms with Crippen molar-refractivity contribution in [1.29, 1.82) is 0 Å². The Kier molecular flexibility index (Phi) is 4.78. The fourth-order valence-electron chi connectivity index (χ4n) is 6.84. The molecule has 2 aromatic carbocycles. The molecule has 1 N–H and O–H groups in total. The summed E-state index contributed by atoms with van der Waals surface area (Å²) in [5.74, 6) is -2.92. The van der Waals surface area contributed by atoms with E-state index in [0.29, 0.717) is 40.4 Å². The molecule has 3 amide bonds. The minimum Gasteiger partial charge on any atom is -0.490 e. The van der Waals surface area contributed by atoms with Gasteiger partial charge < -0.3 is 10.1 Å². The van der Waals surface area contributed by atoms with Crippen LogP contribution in [0.5, 0.6) is 5.75 Å². The van der Waals surface area contributed by atoms with Gasteiger partial charge in [-0.25, -0.2) is 4.90 Å². The minimum absolute atomic E-state index is 0.0512. The summed E-state index contributed by atoms with van der Waals surface area (Å²) in [7, 11) is 1.29. The number of halogens is 1. The summed E-state index contributed by atoms with van der Waals surface area (Å²) in [6.45, 7) is 4.02. The maximum atomic E-state index is 14.2. The van der Waals surface area contributed by atoms with Gasteiger partial charge in [0.25, 0.3) is 0 Å². The van der Waals surface area contributed by atoms with E-state index < -0.39 is 34.1 Å². The number of carbonyl (C=O) groups is 3. The van der Waals surface area contributed by atoms with Crippen molar-refractivity contribution in [2.45, 2.75) is 38.3 Å². The van der Waals surface area contributed by atoms with Crippen molar-refractivity contribution in [3.05, 3.63) is 56.1 Å². The summed E-state index contributed by atoms with van der Waals surface area (Å²) in [5, 5.41) is 14.9. The van der Waals surface area contributed by atoms with E-state index in [9.17, 15) is 24.5 Å². The van der Waals surface area contributed by atoms with Gasteiger partial charge in [-0.2, -0.15) is 0 Å². The molecule has 11 heteroatoms. The molecule has 0 aromatic heterocycles. The highest BCUT2D eigenvalue weighted by Gasteiger charge is 2.74.